The van der Waals surface area contributed by atoms with E-state index in [9.17, 15) is 4.79 Å². The van der Waals surface area contributed by atoms with Gasteiger partial charge in [0.2, 0.25) is 5.91 Å². The largest absolute Gasteiger partial charge is 0.497 e. The predicted octanol–water partition coefficient (Wildman–Crippen LogP) is 1.55. The molecule has 1 aliphatic rings. The molecule has 1 N–H and O–H groups in total. The highest BCUT2D eigenvalue weighted by Crippen LogP contribution is 2.25. The van der Waals surface area contributed by atoms with Gasteiger partial charge in [0.15, 0.2) is 0 Å². The number of nitrogens with one attached hydrogen (secondary N) is 1. The third-order valence-electron chi connectivity index (χ3n) is 3.27. The Balaban J connectivity index is 2.06. The summed E-state index contributed by atoms with van der Waals surface area (Å²) < 4.78 is 10.8. The molecule has 5 heteroatoms. The number of methoxy groups -OCH3 is 1. The lowest BCUT2D eigenvalue weighted by molar-refractivity contribution is -0.129. The van der Waals surface area contributed by atoms with Gasteiger partial charge in [-0.25, -0.2) is 0 Å². The molecule has 0 bridgehead atoms. The minimum atomic E-state index is -0.103. The predicted molar refractivity (Wildman–Crippen MR) is 76.5 cm³/mol. The molecule has 1 atom stereocenters. The monoisotopic (exact) mass is 278 g/mol. The molecule has 1 fully saturated rings. The summed E-state index contributed by atoms with van der Waals surface area (Å²) in [5.41, 5.74) is 1.03. The van der Waals surface area contributed by atoms with Crippen LogP contribution < -0.4 is 10.1 Å². The van der Waals surface area contributed by atoms with E-state index in [0.717, 1.165) is 11.3 Å². The minimum Gasteiger partial charge on any atom is -0.497 e. The summed E-state index contributed by atoms with van der Waals surface area (Å²) in [6.07, 6.45) is 0.0734. The van der Waals surface area contributed by atoms with Crippen molar-refractivity contribution in [1.29, 1.82) is 0 Å². The van der Waals surface area contributed by atoms with Gasteiger partial charge >= 0.3 is 0 Å². The van der Waals surface area contributed by atoms with Gasteiger partial charge < -0.3 is 14.4 Å². The van der Waals surface area contributed by atoms with Gasteiger partial charge in [-0.1, -0.05) is 12.1 Å². The minimum absolute atomic E-state index is 0.102. The van der Waals surface area contributed by atoms with Crippen LogP contribution in [0.1, 0.15) is 25.6 Å². The van der Waals surface area contributed by atoms with E-state index in [2.05, 4.69) is 5.32 Å². The van der Waals surface area contributed by atoms with Crippen molar-refractivity contribution in [1.82, 2.24) is 10.2 Å². The van der Waals surface area contributed by atoms with E-state index in [1.54, 1.807) is 7.11 Å². The number of hydrogen-bond donors (Lipinski definition) is 1. The fraction of sp³-hybridized carbons (Fsp3) is 0.533. The molecule has 1 aromatic rings. The Bertz CT molecular complexity index is 462. The fourth-order valence-corrected chi connectivity index (χ4v) is 2.29. The molecule has 0 spiro atoms. The van der Waals surface area contributed by atoms with Crippen molar-refractivity contribution in [3.8, 4) is 5.75 Å². The maximum atomic E-state index is 12.0. The number of benzene rings is 1. The summed E-state index contributed by atoms with van der Waals surface area (Å²) in [5.74, 6) is 0.896. The second kappa shape index (κ2) is 6.72. The highest BCUT2D eigenvalue weighted by Gasteiger charge is 2.31. The van der Waals surface area contributed by atoms with E-state index >= 15 is 0 Å². The molecule has 20 heavy (non-hydrogen) atoms. The van der Waals surface area contributed by atoms with Crippen LogP contribution in [-0.2, 0) is 9.53 Å². The van der Waals surface area contributed by atoms with Gasteiger partial charge in [0.1, 0.15) is 11.9 Å². The summed E-state index contributed by atoms with van der Waals surface area (Å²) >= 11 is 0. The highest BCUT2D eigenvalue weighted by molar-refractivity contribution is 5.81. The first-order chi connectivity index (χ1) is 9.61. The average Bonchev–Trinajstić information content (AvgIpc) is 2.80. The second-order valence-electron chi connectivity index (χ2n) is 5.07. The van der Waals surface area contributed by atoms with Gasteiger partial charge in [-0.05, 0) is 31.5 Å². The normalized spacial score (nSPS) is 18.9. The van der Waals surface area contributed by atoms with Gasteiger partial charge in [-0.15, -0.1) is 0 Å². The van der Waals surface area contributed by atoms with E-state index in [0.29, 0.717) is 19.7 Å². The molecule has 5 nitrogen and oxygen atoms in total. The summed E-state index contributed by atoms with van der Waals surface area (Å²) in [7, 11) is 1.64. The molecule has 0 aromatic heterocycles. The quantitative estimate of drug-likeness (QED) is 0.858. The van der Waals surface area contributed by atoms with Crippen molar-refractivity contribution >= 4 is 5.91 Å². The first-order valence-corrected chi connectivity index (χ1v) is 6.90. The number of carbonyl (C=O) groups excluding carboxylic acids is 1. The van der Waals surface area contributed by atoms with E-state index in [1.165, 1.54) is 0 Å². The van der Waals surface area contributed by atoms with E-state index in [1.807, 2.05) is 43.0 Å². The van der Waals surface area contributed by atoms with Crippen LogP contribution in [0.5, 0.6) is 5.75 Å². The Hall–Kier alpha value is -1.59. The number of rotatable bonds is 6. The number of carbonyl (C=O) groups is 1. The molecular formula is C15H22N2O3. The summed E-state index contributed by atoms with van der Waals surface area (Å²) in [6.45, 7) is 5.48. The van der Waals surface area contributed by atoms with Crippen LogP contribution >= 0.6 is 0 Å². The lowest BCUT2D eigenvalue weighted by Gasteiger charge is -2.25. The molecule has 1 aliphatic heterocycles. The van der Waals surface area contributed by atoms with E-state index < -0.39 is 0 Å². The van der Waals surface area contributed by atoms with Crippen LogP contribution in [0.3, 0.4) is 0 Å². The molecular weight excluding hydrogens is 256 g/mol. The smallest absolute Gasteiger partial charge is 0.238 e. The first kappa shape index (κ1) is 14.8. The molecule has 1 aromatic carbocycles. The van der Waals surface area contributed by atoms with Crippen LogP contribution in [-0.4, -0.2) is 43.7 Å². The SMILES string of the molecule is COc1cccc(C2NCC(=O)N2CCOC(C)C)c1. The zero-order chi connectivity index (χ0) is 14.5. The molecule has 1 unspecified atom stereocenters. The standard InChI is InChI=1S/C15H22N2O3/c1-11(2)20-8-7-17-14(18)10-16-15(17)12-5-4-6-13(9-12)19-3/h4-6,9,11,15-16H,7-8,10H2,1-3H3. The van der Waals surface area contributed by atoms with Gasteiger partial charge in [0, 0.05) is 6.54 Å². The van der Waals surface area contributed by atoms with E-state index in [-0.39, 0.29) is 18.2 Å². The zero-order valence-corrected chi connectivity index (χ0v) is 12.3. The Morgan fingerprint density at radius 2 is 2.25 bits per heavy atom. The van der Waals surface area contributed by atoms with Crippen molar-refractivity contribution < 1.29 is 14.3 Å². The molecule has 0 radical (unpaired) electrons. The third kappa shape index (κ3) is 3.49. The Morgan fingerprint density at radius 1 is 1.45 bits per heavy atom. The third-order valence-corrected chi connectivity index (χ3v) is 3.27. The Labute approximate surface area is 119 Å². The molecule has 1 heterocycles. The summed E-state index contributed by atoms with van der Waals surface area (Å²) in [6, 6.07) is 7.77. The molecule has 110 valence electrons. The van der Waals surface area contributed by atoms with Crippen LogP contribution in [0.25, 0.3) is 0 Å². The molecule has 2 rings (SSSR count). The maximum Gasteiger partial charge on any atom is 0.238 e. The number of amides is 1. The number of nitrogens with zero attached hydrogens (tertiary/aromatic N) is 1. The number of ether oxygens (including phenoxy) is 2. The van der Waals surface area contributed by atoms with Crippen LogP contribution in [0.2, 0.25) is 0 Å². The van der Waals surface area contributed by atoms with Gasteiger partial charge in [-0.2, -0.15) is 0 Å². The number of hydrogen-bond acceptors (Lipinski definition) is 4. The van der Waals surface area contributed by atoms with Crippen molar-refractivity contribution in [2.24, 2.45) is 0 Å². The summed E-state index contributed by atoms with van der Waals surface area (Å²) in [5, 5.41) is 3.23. The lowest BCUT2D eigenvalue weighted by Crippen LogP contribution is -2.33. The zero-order valence-electron chi connectivity index (χ0n) is 12.3. The molecule has 1 saturated heterocycles. The van der Waals surface area contributed by atoms with Gasteiger partial charge in [0.25, 0.3) is 0 Å². The molecule has 1 amide bonds. The maximum absolute atomic E-state index is 12.0. The van der Waals surface area contributed by atoms with Crippen molar-refractivity contribution in [2.45, 2.75) is 26.1 Å². The van der Waals surface area contributed by atoms with Crippen molar-refractivity contribution in [2.75, 3.05) is 26.8 Å². The van der Waals surface area contributed by atoms with Crippen LogP contribution in [0.4, 0.5) is 0 Å². The Morgan fingerprint density at radius 3 is 2.95 bits per heavy atom. The first-order valence-electron chi connectivity index (χ1n) is 6.90. The summed E-state index contributed by atoms with van der Waals surface area (Å²) in [4.78, 5) is 13.8. The molecule has 0 saturated carbocycles. The van der Waals surface area contributed by atoms with Gasteiger partial charge in [-0.3, -0.25) is 10.1 Å². The fourth-order valence-electron chi connectivity index (χ4n) is 2.29. The van der Waals surface area contributed by atoms with Crippen molar-refractivity contribution in [3.63, 3.8) is 0 Å². The Kier molecular flexibility index (Phi) is 4.98. The van der Waals surface area contributed by atoms with Crippen molar-refractivity contribution in [3.05, 3.63) is 29.8 Å². The van der Waals surface area contributed by atoms with Gasteiger partial charge in [0.05, 0.1) is 26.4 Å². The van der Waals surface area contributed by atoms with Crippen LogP contribution in [0, 0.1) is 0 Å². The topological polar surface area (TPSA) is 50.8 Å². The van der Waals surface area contributed by atoms with E-state index in [4.69, 9.17) is 9.47 Å². The second-order valence-corrected chi connectivity index (χ2v) is 5.07. The highest BCUT2D eigenvalue weighted by atomic mass is 16.5. The van der Waals surface area contributed by atoms with Crippen LogP contribution in [0.15, 0.2) is 24.3 Å². The average molecular weight is 278 g/mol. The molecule has 0 aliphatic carbocycles. The lowest BCUT2D eigenvalue weighted by atomic mass is 10.1.